The van der Waals surface area contributed by atoms with E-state index >= 15 is 0 Å². The first kappa shape index (κ1) is 12.8. The summed E-state index contributed by atoms with van der Waals surface area (Å²) in [5, 5.41) is 0. The fourth-order valence-corrected chi connectivity index (χ4v) is 0.915. The molecular formula is C11H20N2O. The predicted molar refractivity (Wildman–Crippen MR) is 60.5 cm³/mol. The average molecular weight is 196 g/mol. The van der Waals surface area contributed by atoms with Crippen molar-refractivity contribution in [2.24, 2.45) is 0 Å². The average Bonchev–Trinajstić information content (AvgIpc) is 2.16. The molecule has 0 radical (unpaired) electrons. The lowest BCUT2D eigenvalue weighted by atomic mass is 10.2. The zero-order chi connectivity index (χ0) is 11.1. The van der Waals surface area contributed by atoms with Gasteiger partial charge in [0.25, 0.3) is 0 Å². The van der Waals surface area contributed by atoms with Gasteiger partial charge < -0.3 is 10.5 Å². The molecule has 0 fully saturated rings. The van der Waals surface area contributed by atoms with Crippen LogP contribution in [0.3, 0.4) is 0 Å². The molecule has 80 valence electrons. The van der Waals surface area contributed by atoms with E-state index in [1.165, 1.54) is 0 Å². The molecule has 0 bridgehead atoms. The zero-order valence-corrected chi connectivity index (χ0v) is 9.66. The molecule has 0 aromatic carbocycles. The van der Waals surface area contributed by atoms with Crippen molar-refractivity contribution in [1.29, 1.82) is 0 Å². The molecule has 0 unspecified atom stereocenters. The highest BCUT2D eigenvalue weighted by atomic mass is 16.5. The SMILES string of the molecule is CC.Cc1c(OC(C)C)ccnc1N. The van der Waals surface area contributed by atoms with Crippen LogP contribution in [0.15, 0.2) is 12.3 Å². The molecule has 1 aromatic heterocycles. The standard InChI is InChI=1S/C9H14N2O.C2H6/c1-6(2)12-8-4-5-11-9(10)7(8)3;1-2/h4-6H,1-3H3,(H2,10,11);1-2H3. The van der Waals surface area contributed by atoms with E-state index in [9.17, 15) is 0 Å². The van der Waals surface area contributed by atoms with Crippen LogP contribution in [0.5, 0.6) is 5.75 Å². The Kier molecular flexibility index (Phi) is 5.68. The normalized spacial score (nSPS) is 9.29. The number of hydrogen-bond acceptors (Lipinski definition) is 3. The number of ether oxygens (including phenoxy) is 1. The molecule has 1 heterocycles. The van der Waals surface area contributed by atoms with E-state index in [2.05, 4.69) is 4.98 Å². The Balaban J connectivity index is 0.000000791. The monoisotopic (exact) mass is 196 g/mol. The molecule has 0 aliphatic rings. The van der Waals surface area contributed by atoms with Gasteiger partial charge in [0.15, 0.2) is 0 Å². The van der Waals surface area contributed by atoms with E-state index in [0.29, 0.717) is 5.82 Å². The van der Waals surface area contributed by atoms with Crippen LogP contribution in [-0.4, -0.2) is 11.1 Å². The van der Waals surface area contributed by atoms with Crippen LogP contribution in [0.25, 0.3) is 0 Å². The molecule has 0 amide bonds. The van der Waals surface area contributed by atoms with Crippen LogP contribution >= 0.6 is 0 Å². The largest absolute Gasteiger partial charge is 0.491 e. The van der Waals surface area contributed by atoms with Crippen molar-refractivity contribution in [2.75, 3.05) is 5.73 Å². The minimum atomic E-state index is 0.172. The van der Waals surface area contributed by atoms with Gasteiger partial charge in [0.05, 0.1) is 6.10 Å². The first-order valence-corrected chi connectivity index (χ1v) is 4.99. The Labute approximate surface area is 86.3 Å². The number of hydrogen-bond donors (Lipinski definition) is 1. The van der Waals surface area contributed by atoms with E-state index in [0.717, 1.165) is 11.3 Å². The molecule has 2 N–H and O–H groups in total. The summed E-state index contributed by atoms with van der Waals surface area (Å²) >= 11 is 0. The van der Waals surface area contributed by atoms with Gasteiger partial charge in [-0.15, -0.1) is 0 Å². The lowest BCUT2D eigenvalue weighted by molar-refractivity contribution is 0.240. The van der Waals surface area contributed by atoms with Crippen molar-refractivity contribution >= 4 is 5.82 Å². The Morgan fingerprint density at radius 3 is 2.43 bits per heavy atom. The number of rotatable bonds is 2. The number of pyridine rings is 1. The summed E-state index contributed by atoms with van der Waals surface area (Å²) in [5.74, 6) is 1.35. The lowest BCUT2D eigenvalue weighted by Gasteiger charge is -2.12. The number of nitrogens with two attached hydrogens (primary N) is 1. The summed E-state index contributed by atoms with van der Waals surface area (Å²) in [5.41, 5.74) is 6.51. The molecule has 0 spiro atoms. The second-order valence-corrected chi connectivity index (χ2v) is 2.99. The van der Waals surface area contributed by atoms with Crippen LogP contribution in [-0.2, 0) is 0 Å². The van der Waals surface area contributed by atoms with Crippen LogP contribution in [0.1, 0.15) is 33.3 Å². The minimum Gasteiger partial charge on any atom is -0.491 e. The molecule has 0 atom stereocenters. The first-order valence-electron chi connectivity index (χ1n) is 4.99. The maximum Gasteiger partial charge on any atom is 0.129 e. The van der Waals surface area contributed by atoms with Gasteiger partial charge in [0, 0.05) is 11.8 Å². The Hall–Kier alpha value is -1.25. The van der Waals surface area contributed by atoms with Gasteiger partial charge in [0.2, 0.25) is 0 Å². The predicted octanol–water partition coefficient (Wildman–Crippen LogP) is 2.79. The maximum absolute atomic E-state index is 5.61. The summed E-state index contributed by atoms with van der Waals surface area (Å²) < 4.78 is 5.51. The topological polar surface area (TPSA) is 48.1 Å². The van der Waals surface area contributed by atoms with Gasteiger partial charge in [-0.2, -0.15) is 0 Å². The van der Waals surface area contributed by atoms with Crippen molar-refractivity contribution in [3.8, 4) is 5.75 Å². The van der Waals surface area contributed by atoms with Crippen LogP contribution in [0, 0.1) is 6.92 Å². The van der Waals surface area contributed by atoms with E-state index in [1.807, 2.05) is 40.7 Å². The molecule has 1 aromatic rings. The molecule has 0 aliphatic heterocycles. The third-order valence-electron chi connectivity index (χ3n) is 1.56. The van der Waals surface area contributed by atoms with Crippen molar-refractivity contribution in [3.63, 3.8) is 0 Å². The van der Waals surface area contributed by atoms with Crippen molar-refractivity contribution < 1.29 is 4.74 Å². The molecule has 3 nitrogen and oxygen atoms in total. The lowest BCUT2D eigenvalue weighted by Crippen LogP contribution is -2.07. The highest BCUT2D eigenvalue weighted by Gasteiger charge is 2.04. The van der Waals surface area contributed by atoms with Gasteiger partial charge in [0.1, 0.15) is 11.6 Å². The maximum atomic E-state index is 5.61. The Bertz CT molecular complexity index is 272. The van der Waals surface area contributed by atoms with Gasteiger partial charge in [-0.3, -0.25) is 0 Å². The van der Waals surface area contributed by atoms with Crippen LogP contribution in [0.2, 0.25) is 0 Å². The quantitative estimate of drug-likeness (QED) is 0.791. The second kappa shape index (κ2) is 6.24. The fourth-order valence-electron chi connectivity index (χ4n) is 0.915. The molecule has 0 saturated carbocycles. The van der Waals surface area contributed by atoms with Crippen LogP contribution in [0.4, 0.5) is 5.82 Å². The van der Waals surface area contributed by atoms with Gasteiger partial charge in [-0.25, -0.2) is 4.98 Å². The van der Waals surface area contributed by atoms with Crippen molar-refractivity contribution in [3.05, 3.63) is 17.8 Å². The van der Waals surface area contributed by atoms with Crippen molar-refractivity contribution in [2.45, 2.75) is 40.7 Å². The number of anilines is 1. The second-order valence-electron chi connectivity index (χ2n) is 2.99. The molecule has 0 saturated heterocycles. The minimum absolute atomic E-state index is 0.172. The van der Waals surface area contributed by atoms with Crippen molar-refractivity contribution in [1.82, 2.24) is 4.98 Å². The number of nitrogen functional groups attached to an aromatic ring is 1. The van der Waals surface area contributed by atoms with E-state index in [4.69, 9.17) is 10.5 Å². The Morgan fingerprint density at radius 2 is 1.93 bits per heavy atom. The summed E-state index contributed by atoms with van der Waals surface area (Å²) in [6.45, 7) is 9.87. The van der Waals surface area contributed by atoms with Gasteiger partial charge in [-0.1, -0.05) is 13.8 Å². The highest BCUT2D eigenvalue weighted by molar-refractivity contribution is 5.46. The van der Waals surface area contributed by atoms with E-state index < -0.39 is 0 Å². The van der Waals surface area contributed by atoms with Crippen LogP contribution < -0.4 is 10.5 Å². The molecule has 0 aliphatic carbocycles. The summed E-state index contributed by atoms with van der Waals surface area (Å²) in [4.78, 5) is 3.94. The first-order chi connectivity index (χ1) is 6.61. The molecule has 1 rings (SSSR count). The molecule has 14 heavy (non-hydrogen) atoms. The van der Waals surface area contributed by atoms with Gasteiger partial charge in [-0.05, 0) is 26.8 Å². The molecular weight excluding hydrogens is 176 g/mol. The third kappa shape index (κ3) is 3.64. The summed E-state index contributed by atoms with van der Waals surface area (Å²) in [6.07, 6.45) is 1.82. The summed E-state index contributed by atoms with van der Waals surface area (Å²) in [6, 6.07) is 1.83. The number of aromatic nitrogens is 1. The fraction of sp³-hybridized carbons (Fsp3) is 0.545. The van der Waals surface area contributed by atoms with Gasteiger partial charge >= 0.3 is 0 Å². The highest BCUT2D eigenvalue weighted by Crippen LogP contribution is 2.21. The number of nitrogens with zero attached hydrogens (tertiary/aromatic N) is 1. The molecule has 3 heteroatoms. The van der Waals surface area contributed by atoms with E-state index in [-0.39, 0.29) is 6.10 Å². The third-order valence-corrected chi connectivity index (χ3v) is 1.56. The zero-order valence-electron chi connectivity index (χ0n) is 9.66. The summed E-state index contributed by atoms with van der Waals surface area (Å²) in [7, 11) is 0. The smallest absolute Gasteiger partial charge is 0.129 e. The Morgan fingerprint density at radius 1 is 1.36 bits per heavy atom. The van der Waals surface area contributed by atoms with E-state index in [1.54, 1.807) is 6.20 Å².